The molecule has 2 rings (SSSR count). The zero-order valence-corrected chi connectivity index (χ0v) is 16.4. The molecule has 1 saturated heterocycles. The maximum atomic E-state index is 12.3. The van der Waals surface area contributed by atoms with E-state index in [0.717, 1.165) is 12.2 Å². The lowest BCUT2D eigenvalue weighted by atomic mass is 9.95. The summed E-state index contributed by atoms with van der Waals surface area (Å²) in [5.74, 6) is -0.917. The number of hydrogen-bond acceptors (Lipinski definition) is 4. The second kappa shape index (κ2) is 11.3. The van der Waals surface area contributed by atoms with Gasteiger partial charge >= 0.3 is 5.97 Å². The predicted molar refractivity (Wildman–Crippen MR) is 105 cm³/mol. The summed E-state index contributed by atoms with van der Waals surface area (Å²) in [5.41, 5.74) is 0. The van der Waals surface area contributed by atoms with Gasteiger partial charge in [0.25, 0.3) is 0 Å². The Labute approximate surface area is 166 Å². The number of nitrogens with zero attached hydrogens (tertiary/aromatic N) is 1. The maximum Gasteiger partial charge on any atom is 0.308 e. The van der Waals surface area contributed by atoms with Gasteiger partial charge in [0.1, 0.15) is 5.75 Å². The van der Waals surface area contributed by atoms with Gasteiger partial charge in [0, 0.05) is 25.6 Å². The summed E-state index contributed by atoms with van der Waals surface area (Å²) in [4.78, 5) is 37.6. The van der Waals surface area contributed by atoms with Gasteiger partial charge in [-0.15, -0.1) is 0 Å². The lowest BCUT2D eigenvalue weighted by Gasteiger charge is -2.31. The molecule has 1 atom stereocenters. The third kappa shape index (κ3) is 6.87. The number of rotatable bonds is 10. The van der Waals surface area contributed by atoms with Gasteiger partial charge < -0.3 is 20.1 Å². The third-order valence-corrected chi connectivity index (χ3v) is 5.06. The number of hydrogen-bond donors (Lipinski definition) is 2. The van der Waals surface area contributed by atoms with E-state index in [0.29, 0.717) is 45.4 Å². The van der Waals surface area contributed by atoms with Crippen molar-refractivity contribution < 1.29 is 24.2 Å². The fourth-order valence-electron chi connectivity index (χ4n) is 3.35. The van der Waals surface area contributed by atoms with E-state index in [2.05, 4.69) is 5.32 Å². The Morgan fingerprint density at radius 3 is 2.50 bits per heavy atom. The van der Waals surface area contributed by atoms with Crippen LogP contribution in [0.3, 0.4) is 0 Å². The van der Waals surface area contributed by atoms with Crippen molar-refractivity contribution in [2.45, 2.75) is 39.0 Å². The second-order valence-corrected chi connectivity index (χ2v) is 7.14. The number of likely N-dealkylation sites (tertiary alicyclic amines) is 1. The van der Waals surface area contributed by atoms with E-state index in [-0.39, 0.29) is 24.3 Å². The van der Waals surface area contributed by atoms with Gasteiger partial charge in [0.2, 0.25) is 11.8 Å². The van der Waals surface area contributed by atoms with Gasteiger partial charge in [-0.05, 0) is 31.4 Å². The summed E-state index contributed by atoms with van der Waals surface area (Å²) in [6, 6.07) is 9.37. The first-order chi connectivity index (χ1) is 13.5. The maximum absolute atomic E-state index is 12.3. The molecule has 1 aliphatic heterocycles. The highest BCUT2D eigenvalue weighted by Crippen LogP contribution is 2.19. The molecule has 2 N–H and O–H groups in total. The molecule has 0 aliphatic carbocycles. The van der Waals surface area contributed by atoms with Crippen LogP contribution in [-0.4, -0.2) is 54.0 Å². The van der Waals surface area contributed by atoms with Crippen LogP contribution in [0.4, 0.5) is 0 Å². The first-order valence-corrected chi connectivity index (χ1v) is 9.97. The quantitative estimate of drug-likeness (QED) is 0.639. The highest BCUT2D eigenvalue weighted by atomic mass is 16.5. The Balaban J connectivity index is 1.67. The topological polar surface area (TPSA) is 95.9 Å². The van der Waals surface area contributed by atoms with Crippen molar-refractivity contribution in [3.05, 3.63) is 30.3 Å². The smallest absolute Gasteiger partial charge is 0.308 e. The van der Waals surface area contributed by atoms with Crippen molar-refractivity contribution in [1.82, 2.24) is 10.2 Å². The minimum atomic E-state index is -0.875. The van der Waals surface area contributed by atoms with E-state index in [1.54, 1.807) is 4.90 Å². The standard InChI is InChI=1S/C21H30N2O5/c1-2-6-17(21(26)27)15-22-20(25)16-9-12-23(13-10-16)19(24)11-14-28-18-7-4-3-5-8-18/h3-5,7-8,16-17H,2,6,9-15H2,1H3,(H,22,25)(H,26,27). The van der Waals surface area contributed by atoms with Gasteiger partial charge in [-0.2, -0.15) is 0 Å². The van der Waals surface area contributed by atoms with Crippen LogP contribution in [0.5, 0.6) is 5.75 Å². The third-order valence-electron chi connectivity index (χ3n) is 5.06. The molecular formula is C21H30N2O5. The van der Waals surface area contributed by atoms with E-state index in [4.69, 9.17) is 9.84 Å². The van der Waals surface area contributed by atoms with Crippen molar-refractivity contribution in [3.8, 4) is 5.75 Å². The fourth-order valence-corrected chi connectivity index (χ4v) is 3.35. The number of benzene rings is 1. The summed E-state index contributed by atoms with van der Waals surface area (Å²) in [7, 11) is 0. The zero-order valence-electron chi connectivity index (χ0n) is 16.4. The zero-order chi connectivity index (χ0) is 20.4. The predicted octanol–water partition coefficient (Wildman–Crippen LogP) is 2.31. The normalized spacial score (nSPS) is 15.7. The van der Waals surface area contributed by atoms with Crippen LogP contribution in [0.15, 0.2) is 30.3 Å². The molecule has 0 aromatic heterocycles. The number of carboxylic acid groups (broad SMARTS) is 1. The number of para-hydroxylation sites is 1. The molecule has 0 spiro atoms. The number of carboxylic acids is 1. The Hall–Kier alpha value is -2.57. The first-order valence-electron chi connectivity index (χ1n) is 9.97. The molecule has 1 aromatic rings. The molecule has 1 aliphatic rings. The summed E-state index contributed by atoms with van der Waals surface area (Å²) < 4.78 is 5.56. The molecule has 7 nitrogen and oxygen atoms in total. The fraction of sp³-hybridized carbons (Fsp3) is 0.571. The molecule has 1 aromatic carbocycles. The van der Waals surface area contributed by atoms with Crippen molar-refractivity contribution in [2.75, 3.05) is 26.2 Å². The van der Waals surface area contributed by atoms with E-state index in [1.165, 1.54) is 0 Å². The number of piperidine rings is 1. The SMILES string of the molecule is CCCC(CNC(=O)C1CCN(C(=O)CCOc2ccccc2)CC1)C(=O)O. The molecule has 1 heterocycles. The van der Waals surface area contributed by atoms with Crippen molar-refractivity contribution in [1.29, 1.82) is 0 Å². The number of ether oxygens (including phenoxy) is 1. The van der Waals surface area contributed by atoms with Crippen LogP contribution in [0.2, 0.25) is 0 Å². The molecule has 1 fully saturated rings. The Kier molecular flexibility index (Phi) is 8.78. The highest BCUT2D eigenvalue weighted by Gasteiger charge is 2.28. The minimum Gasteiger partial charge on any atom is -0.493 e. The minimum absolute atomic E-state index is 0.0312. The lowest BCUT2D eigenvalue weighted by Crippen LogP contribution is -2.44. The van der Waals surface area contributed by atoms with Gasteiger partial charge in [-0.1, -0.05) is 31.5 Å². The van der Waals surface area contributed by atoms with Gasteiger partial charge in [0.05, 0.1) is 18.9 Å². The summed E-state index contributed by atoms with van der Waals surface area (Å²) >= 11 is 0. The average molecular weight is 390 g/mol. The Bertz CT molecular complexity index is 641. The molecule has 0 bridgehead atoms. The number of amides is 2. The molecular weight excluding hydrogens is 360 g/mol. The molecule has 1 unspecified atom stereocenters. The van der Waals surface area contributed by atoms with Crippen LogP contribution in [-0.2, 0) is 14.4 Å². The Morgan fingerprint density at radius 2 is 1.89 bits per heavy atom. The van der Waals surface area contributed by atoms with Crippen molar-refractivity contribution in [2.24, 2.45) is 11.8 Å². The monoisotopic (exact) mass is 390 g/mol. The molecule has 7 heteroatoms. The summed E-state index contributed by atoms with van der Waals surface area (Å²) in [6.45, 7) is 3.50. The van der Waals surface area contributed by atoms with Crippen LogP contribution in [0.25, 0.3) is 0 Å². The largest absolute Gasteiger partial charge is 0.493 e. The van der Waals surface area contributed by atoms with E-state index >= 15 is 0 Å². The summed E-state index contributed by atoms with van der Waals surface area (Å²) in [5, 5.41) is 11.9. The van der Waals surface area contributed by atoms with E-state index in [9.17, 15) is 14.4 Å². The second-order valence-electron chi connectivity index (χ2n) is 7.14. The lowest BCUT2D eigenvalue weighted by molar-refractivity contribution is -0.142. The van der Waals surface area contributed by atoms with Crippen LogP contribution < -0.4 is 10.1 Å². The highest BCUT2D eigenvalue weighted by molar-refractivity contribution is 5.80. The van der Waals surface area contributed by atoms with E-state index in [1.807, 2.05) is 37.3 Å². The molecule has 2 amide bonds. The summed E-state index contributed by atoms with van der Waals surface area (Å²) in [6.07, 6.45) is 2.82. The Morgan fingerprint density at radius 1 is 1.21 bits per heavy atom. The van der Waals surface area contributed by atoms with Crippen LogP contribution in [0, 0.1) is 11.8 Å². The van der Waals surface area contributed by atoms with Crippen LogP contribution >= 0.6 is 0 Å². The number of aliphatic carboxylic acids is 1. The number of carbonyl (C=O) groups is 3. The van der Waals surface area contributed by atoms with Gasteiger partial charge in [-0.3, -0.25) is 14.4 Å². The average Bonchev–Trinajstić information content (AvgIpc) is 2.71. The van der Waals surface area contributed by atoms with Crippen molar-refractivity contribution in [3.63, 3.8) is 0 Å². The first kappa shape index (κ1) is 21.7. The molecule has 154 valence electrons. The number of nitrogens with one attached hydrogen (secondary N) is 1. The van der Waals surface area contributed by atoms with Crippen molar-refractivity contribution >= 4 is 17.8 Å². The molecule has 0 saturated carbocycles. The van der Waals surface area contributed by atoms with Gasteiger partial charge in [0.15, 0.2) is 0 Å². The van der Waals surface area contributed by atoms with E-state index < -0.39 is 11.9 Å². The molecule has 28 heavy (non-hydrogen) atoms. The molecule has 0 radical (unpaired) electrons. The van der Waals surface area contributed by atoms with Crippen LogP contribution in [0.1, 0.15) is 39.0 Å². The van der Waals surface area contributed by atoms with Gasteiger partial charge in [-0.25, -0.2) is 0 Å². The number of carbonyl (C=O) groups excluding carboxylic acids is 2.